The predicted molar refractivity (Wildman–Crippen MR) is 97.5 cm³/mol. The number of piperidine rings is 1. The van der Waals surface area contributed by atoms with Crippen LogP contribution in [0.4, 0.5) is 5.69 Å². The number of nitro groups is 1. The topological polar surface area (TPSA) is 85.0 Å². The zero-order chi connectivity index (χ0) is 18.4. The number of carbonyl (C=O) groups excluding carboxylic acids is 1. The highest BCUT2D eigenvalue weighted by Crippen LogP contribution is 2.17. The van der Waals surface area contributed by atoms with Gasteiger partial charge in [0.1, 0.15) is 5.75 Å². The normalized spacial score (nSPS) is 14.4. The highest BCUT2D eigenvalue weighted by atomic mass is 16.6. The van der Waals surface area contributed by atoms with Gasteiger partial charge in [0.05, 0.1) is 16.7 Å². The molecule has 3 rings (SSSR count). The quantitative estimate of drug-likeness (QED) is 0.269. The lowest BCUT2D eigenvalue weighted by Gasteiger charge is -2.23. The van der Waals surface area contributed by atoms with Gasteiger partial charge in [-0.1, -0.05) is 6.07 Å². The van der Waals surface area contributed by atoms with Gasteiger partial charge in [-0.2, -0.15) is 5.10 Å². The monoisotopic (exact) mass is 353 g/mol. The van der Waals surface area contributed by atoms with Gasteiger partial charge in [0.15, 0.2) is 0 Å². The fourth-order valence-electron chi connectivity index (χ4n) is 2.68. The van der Waals surface area contributed by atoms with Gasteiger partial charge in [0, 0.05) is 25.2 Å². The van der Waals surface area contributed by atoms with Crippen LogP contribution in [0.2, 0.25) is 0 Å². The van der Waals surface area contributed by atoms with Gasteiger partial charge in [-0.15, -0.1) is 0 Å². The molecule has 1 fully saturated rings. The van der Waals surface area contributed by atoms with Crippen molar-refractivity contribution in [3.8, 4) is 5.75 Å². The molecule has 0 saturated carbocycles. The number of carbonyl (C=O) groups is 1. The molecule has 0 radical (unpaired) electrons. The number of hydrogen-bond donors (Lipinski definition) is 0. The molecule has 0 aliphatic carbocycles. The summed E-state index contributed by atoms with van der Waals surface area (Å²) in [6.07, 6.45) is 5.39. The Balaban J connectivity index is 1.61. The van der Waals surface area contributed by atoms with Crippen LogP contribution >= 0.6 is 0 Å². The Labute approximate surface area is 151 Å². The summed E-state index contributed by atoms with van der Waals surface area (Å²) in [5, 5.41) is 17.3. The highest BCUT2D eigenvalue weighted by Gasteiger charge is 2.13. The molecular weight excluding hydrogens is 334 g/mol. The van der Waals surface area contributed by atoms with Crippen molar-refractivity contribution in [2.24, 2.45) is 5.10 Å². The molecule has 7 heteroatoms. The minimum absolute atomic E-state index is 0.134. The molecule has 0 amide bonds. The summed E-state index contributed by atoms with van der Waals surface area (Å²) < 4.78 is 5.27. The smallest absolute Gasteiger partial charge is 0.343 e. The van der Waals surface area contributed by atoms with E-state index in [0.717, 1.165) is 18.7 Å². The molecule has 1 aliphatic rings. The van der Waals surface area contributed by atoms with Gasteiger partial charge in [0.25, 0.3) is 5.69 Å². The molecule has 0 bridgehead atoms. The molecule has 1 heterocycles. The Morgan fingerprint density at radius 3 is 2.54 bits per heavy atom. The average molecular weight is 353 g/mol. The van der Waals surface area contributed by atoms with Gasteiger partial charge >= 0.3 is 5.97 Å². The van der Waals surface area contributed by atoms with Gasteiger partial charge in [-0.25, -0.2) is 4.79 Å². The van der Waals surface area contributed by atoms with Crippen molar-refractivity contribution in [2.75, 3.05) is 13.1 Å². The van der Waals surface area contributed by atoms with Crippen LogP contribution in [0.15, 0.2) is 53.6 Å². The summed E-state index contributed by atoms with van der Waals surface area (Å²) in [6, 6.07) is 12.4. The van der Waals surface area contributed by atoms with Gasteiger partial charge in [-0.3, -0.25) is 15.1 Å². The van der Waals surface area contributed by atoms with Crippen LogP contribution in [0.1, 0.15) is 35.2 Å². The number of non-ortho nitro benzene ring substituents is 1. The molecule has 2 aromatic carbocycles. The Kier molecular flexibility index (Phi) is 5.58. The SMILES string of the molecule is O=C(Oc1ccc(/C=N/N2CCCCC2)cc1)c1cccc([N+](=O)[O-])c1. The molecule has 134 valence electrons. The predicted octanol–water partition coefficient (Wildman–Crippen LogP) is 3.63. The minimum atomic E-state index is -0.636. The number of benzene rings is 2. The first kappa shape index (κ1) is 17.6. The van der Waals surface area contributed by atoms with Crippen LogP contribution in [0, 0.1) is 10.1 Å². The molecule has 1 saturated heterocycles. The second kappa shape index (κ2) is 8.24. The van der Waals surface area contributed by atoms with Crippen LogP contribution in [-0.4, -0.2) is 35.2 Å². The summed E-state index contributed by atoms with van der Waals surface area (Å²) in [4.78, 5) is 22.4. The molecule has 0 spiro atoms. The second-order valence-corrected chi connectivity index (χ2v) is 6.02. The van der Waals surface area contributed by atoms with Gasteiger partial charge in [-0.05, 0) is 55.2 Å². The van der Waals surface area contributed by atoms with Crippen LogP contribution < -0.4 is 4.74 Å². The summed E-state index contributed by atoms with van der Waals surface area (Å²) in [5.41, 5.74) is 0.893. The maximum Gasteiger partial charge on any atom is 0.343 e. The van der Waals surface area contributed by atoms with E-state index in [1.54, 1.807) is 18.3 Å². The van der Waals surface area contributed by atoms with Crippen molar-refractivity contribution in [1.82, 2.24) is 5.01 Å². The Morgan fingerprint density at radius 2 is 1.85 bits per heavy atom. The lowest BCUT2D eigenvalue weighted by Crippen LogP contribution is -2.24. The maximum atomic E-state index is 12.1. The van der Waals surface area contributed by atoms with Crippen molar-refractivity contribution >= 4 is 17.9 Å². The number of ether oxygens (including phenoxy) is 1. The zero-order valence-electron chi connectivity index (χ0n) is 14.2. The third-order valence-electron chi connectivity index (χ3n) is 4.09. The third kappa shape index (κ3) is 4.66. The van der Waals surface area contributed by atoms with Crippen molar-refractivity contribution in [3.63, 3.8) is 0 Å². The summed E-state index contributed by atoms with van der Waals surface area (Å²) >= 11 is 0. The summed E-state index contributed by atoms with van der Waals surface area (Å²) in [6.45, 7) is 1.96. The maximum absolute atomic E-state index is 12.1. The average Bonchev–Trinajstić information content (AvgIpc) is 2.68. The molecule has 0 unspecified atom stereocenters. The fourth-order valence-corrected chi connectivity index (χ4v) is 2.68. The number of rotatable bonds is 5. The third-order valence-corrected chi connectivity index (χ3v) is 4.09. The fraction of sp³-hybridized carbons (Fsp3) is 0.263. The van der Waals surface area contributed by atoms with Crippen LogP contribution in [0.3, 0.4) is 0 Å². The van der Waals surface area contributed by atoms with Crippen LogP contribution in [0.5, 0.6) is 5.75 Å². The molecule has 0 atom stereocenters. The zero-order valence-corrected chi connectivity index (χ0v) is 14.2. The number of esters is 1. The van der Waals surface area contributed by atoms with E-state index in [1.165, 1.54) is 43.5 Å². The lowest BCUT2D eigenvalue weighted by atomic mass is 10.2. The molecule has 26 heavy (non-hydrogen) atoms. The van der Waals surface area contributed by atoms with E-state index in [1.807, 2.05) is 12.1 Å². The van der Waals surface area contributed by atoms with Crippen LogP contribution in [-0.2, 0) is 0 Å². The molecule has 7 nitrogen and oxygen atoms in total. The first-order valence-electron chi connectivity index (χ1n) is 8.47. The van der Waals surface area contributed by atoms with E-state index in [0.29, 0.717) is 5.75 Å². The summed E-state index contributed by atoms with van der Waals surface area (Å²) in [5.74, 6) is -0.264. The van der Waals surface area contributed by atoms with Gasteiger partial charge < -0.3 is 4.74 Å². The van der Waals surface area contributed by atoms with E-state index in [9.17, 15) is 14.9 Å². The van der Waals surface area contributed by atoms with E-state index < -0.39 is 10.9 Å². The summed E-state index contributed by atoms with van der Waals surface area (Å²) in [7, 11) is 0. The molecule has 1 aliphatic heterocycles. The largest absolute Gasteiger partial charge is 0.423 e. The molecular formula is C19H19N3O4. The van der Waals surface area contributed by atoms with E-state index in [4.69, 9.17) is 4.74 Å². The second-order valence-electron chi connectivity index (χ2n) is 6.02. The highest BCUT2D eigenvalue weighted by molar-refractivity contribution is 5.91. The van der Waals surface area contributed by atoms with E-state index >= 15 is 0 Å². The standard InChI is InChI=1S/C19H19N3O4/c23-19(16-5-4-6-17(13-16)22(24)25)26-18-9-7-15(8-10-18)14-20-21-11-2-1-3-12-21/h4-10,13-14H,1-3,11-12H2/b20-14+. The number of nitro benzene ring substituents is 1. The minimum Gasteiger partial charge on any atom is -0.423 e. The molecule has 0 N–H and O–H groups in total. The van der Waals surface area contributed by atoms with Gasteiger partial charge in [0.2, 0.25) is 0 Å². The van der Waals surface area contributed by atoms with Crippen molar-refractivity contribution in [2.45, 2.75) is 19.3 Å². The first-order valence-corrected chi connectivity index (χ1v) is 8.47. The van der Waals surface area contributed by atoms with Crippen molar-refractivity contribution < 1.29 is 14.5 Å². The number of nitrogens with zero attached hydrogens (tertiary/aromatic N) is 3. The number of hydrazone groups is 1. The Morgan fingerprint density at radius 1 is 1.12 bits per heavy atom. The van der Waals surface area contributed by atoms with E-state index in [-0.39, 0.29) is 11.3 Å². The lowest BCUT2D eigenvalue weighted by molar-refractivity contribution is -0.384. The van der Waals surface area contributed by atoms with Crippen molar-refractivity contribution in [1.29, 1.82) is 0 Å². The molecule has 0 aromatic heterocycles. The van der Waals surface area contributed by atoms with E-state index in [2.05, 4.69) is 10.1 Å². The van der Waals surface area contributed by atoms with Crippen molar-refractivity contribution in [3.05, 3.63) is 69.8 Å². The number of hydrogen-bond acceptors (Lipinski definition) is 6. The van der Waals surface area contributed by atoms with Crippen LogP contribution in [0.25, 0.3) is 0 Å². The Hall–Kier alpha value is -3.22. The Bertz CT molecular complexity index is 812. The first-order chi connectivity index (χ1) is 12.6. The molecule has 2 aromatic rings.